The summed E-state index contributed by atoms with van der Waals surface area (Å²) in [5, 5.41) is 11.9. The first-order chi connectivity index (χ1) is 12.3. The summed E-state index contributed by atoms with van der Waals surface area (Å²) < 4.78 is 7.13. The van der Waals surface area contributed by atoms with E-state index in [1.54, 1.807) is 11.8 Å². The smallest absolute Gasteiger partial charge is 0.233 e. The Balaban J connectivity index is 1.52. The second-order valence-corrected chi connectivity index (χ2v) is 6.77. The predicted octanol–water partition coefficient (Wildman–Crippen LogP) is 1.58. The molecule has 132 valence electrons. The topological polar surface area (TPSA) is 73.1 Å². The third-order valence-corrected chi connectivity index (χ3v) is 5.31. The first kappa shape index (κ1) is 16.1. The van der Waals surface area contributed by atoms with Gasteiger partial charge in [-0.05, 0) is 59.4 Å². The minimum Gasteiger partial charge on any atom is -0.497 e. The molecule has 4 rings (SSSR count). The standard InChI is InChI=1S/C18H23N5O2/c1-25-15-6-5-13-7-10-22(11-8-14(13)12-15)18(24)16-4-2-3-9-23-17(16)19-20-21-23/h5-6,12,16H,2-4,7-11H2,1H3. The van der Waals surface area contributed by atoms with E-state index in [-0.39, 0.29) is 11.8 Å². The molecule has 3 heterocycles. The number of fused-ring (bicyclic) bond motifs is 2. The van der Waals surface area contributed by atoms with Crippen LogP contribution in [0.25, 0.3) is 0 Å². The van der Waals surface area contributed by atoms with Gasteiger partial charge in [-0.3, -0.25) is 4.79 Å². The van der Waals surface area contributed by atoms with Crippen LogP contribution in [0.2, 0.25) is 0 Å². The Bertz CT molecular complexity index is 773. The highest BCUT2D eigenvalue weighted by Gasteiger charge is 2.32. The molecule has 25 heavy (non-hydrogen) atoms. The number of carbonyl (C=O) groups excluding carboxylic acids is 1. The molecule has 0 saturated heterocycles. The van der Waals surface area contributed by atoms with Crippen LogP contribution in [0.5, 0.6) is 5.75 Å². The molecule has 0 fully saturated rings. The summed E-state index contributed by atoms with van der Waals surface area (Å²) >= 11 is 0. The minimum absolute atomic E-state index is 0.165. The molecule has 0 aliphatic carbocycles. The first-order valence-corrected chi connectivity index (χ1v) is 8.97. The fourth-order valence-corrected chi connectivity index (χ4v) is 3.86. The van der Waals surface area contributed by atoms with Gasteiger partial charge in [0.1, 0.15) is 5.75 Å². The highest BCUT2D eigenvalue weighted by Crippen LogP contribution is 2.28. The van der Waals surface area contributed by atoms with Crippen LogP contribution < -0.4 is 4.74 Å². The van der Waals surface area contributed by atoms with E-state index in [0.29, 0.717) is 0 Å². The number of amides is 1. The molecule has 0 saturated carbocycles. The highest BCUT2D eigenvalue weighted by atomic mass is 16.5. The molecule has 7 heteroatoms. The number of carbonyl (C=O) groups is 1. The van der Waals surface area contributed by atoms with Crippen molar-refractivity contribution in [3.05, 3.63) is 35.2 Å². The van der Waals surface area contributed by atoms with E-state index in [9.17, 15) is 4.79 Å². The number of tetrazole rings is 1. The number of rotatable bonds is 2. The van der Waals surface area contributed by atoms with E-state index in [4.69, 9.17) is 4.74 Å². The molecule has 1 aromatic carbocycles. The Kier molecular flexibility index (Phi) is 4.38. The Hall–Kier alpha value is -2.44. The van der Waals surface area contributed by atoms with Gasteiger partial charge in [-0.15, -0.1) is 5.10 Å². The molecule has 2 aliphatic rings. The zero-order valence-electron chi connectivity index (χ0n) is 14.5. The lowest BCUT2D eigenvalue weighted by Gasteiger charge is -2.24. The van der Waals surface area contributed by atoms with Gasteiger partial charge in [0.25, 0.3) is 0 Å². The average molecular weight is 341 g/mol. The molecule has 1 aromatic heterocycles. The minimum atomic E-state index is -0.215. The van der Waals surface area contributed by atoms with Gasteiger partial charge >= 0.3 is 0 Å². The molecule has 0 radical (unpaired) electrons. The van der Waals surface area contributed by atoms with E-state index in [2.05, 4.69) is 27.7 Å². The molecular weight excluding hydrogens is 318 g/mol. The van der Waals surface area contributed by atoms with Gasteiger partial charge < -0.3 is 9.64 Å². The normalized spacial score (nSPS) is 20.2. The van der Waals surface area contributed by atoms with Gasteiger partial charge in [-0.1, -0.05) is 12.5 Å². The van der Waals surface area contributed by atoms with Crippen LogP contribution in [0.4, 0.5) is 0 Å². The van der Waals surface area contributed by atoms with E-state index in [1.165, 1.54) is 11.1 Å². The summed E-state index contributed by atoms with van der Waals surface area (Å²) in [6, 6.07) is 6.21. The van der Waals surface area contributed by atoms with Crippen molar-refractivity contribution < 1.29 is 9.53 Å². The van der Waals surface area contributed by atoms with Crippen molar-refractivity contribution in [1.82, 2.24) is 25.1 Å². The molecule has 1 amide bonds. The molecule has 7 nitrogen and oxygen atoms in total. The summed E-state index contributed by atoms with van der Waals surface area (Å²) in [5.74, 6) is 1.55. The van der Waals surface area contributed by atoms with Crippen LogP contribution in [-0.4, -0.2) is 51.2 Å². The zero-order chi connectivity index (χ0) is 17.2. The van der Waals surface area contributed by atoms with E-state index in [1.807, 2.05) is 11.0 Å². The average Bonchev–Trinajstić information content (AvgIpc) is 2.88. The van der Waals surface area contributed by atoms with Gasteiger partial charge in [0.15, 0.2) is 5.82 Å². The van der Waals surface area contributed by atoms with Crippen molar-refractivity contribution in [3.8, 4) is 5.75 Å². The van der Waals surface area contributed by atoms with Crippen LogP contribution in [0, 0.1) is 0 Å². The van der Waals surface area contributed by atoms with Crippen LogP contribution >= 0.6 is 0 Å². The van der Waals surface area contributed by atoms with Gasteiger partial charge in [-0.2, -0.15) is 0 Å². The second-order valence-electron chi connectivity index (χ2n) is 6.77. The van der Waals surface area contributed by atoms with Crippen molar-refractivity contribution in [2.75, 3.05) is 20.2 Å². The first-order valence-electron chi connectivity index (χ1n) is 8.97. The summed E-state index contributed by atoms with van der Waals surface area (Å²) in [6.07, 6.45) is 4.61. The largest absolute Gasteiger partial charge is 0.497 e. The molecule has 0 bridgehead atoms. The van der Waals surface area contributed by atoms with Crippen LogP contribution in [0.3, 0.4) is 0 Å². The third-order valence-electron chi connectivity index (χ3n) is 5.31. The van der Waals surface area contributed by atoms with Crippen molar-refractivity contribution >= 4 is 5.91 Å². The maximum atomic E-state index is 13.2. The van der Waals surface area contributed by atoms with Gasteiger partial charge in [-0.25, -0.2) is 4.68 Å². The van der Waals surface area contributed by atoms with E-state index < -0.39 is 0 Å². The maximum absolute atomic E-state index is 13.2. The summed E-state index contributed by atoms with van der Waals surface area (Å²) in [4.78, 5) is 15.2. The Morgan fingerprint density at radius 2 is 2.00 bits per heavy atom. The summed E-state index contributed by atoms with van der Waals surface area (Å²) in [7, 11) is 1.69. The highest BCUT2D eigenvalue weighted by molar-refractivity contribution is 5.83. The molecule has 2 aromatic rings. The molecule has 0 N–H and O–H groups in total. The predicted molar refractivity (Wildman–Crippen MR) is 91.4 cm³/mol. The van der Waals surface area contributed by atoms with Gasteiger partial charge in [0.05, 0.1) is 13.0 Å². The van der Waals surface area contributed by atoms with Gasteiger partial charge in [0, 0.05) is 19.6 Å². The van der Waals surface area contributed by atoms with Crippen LogP contribution in [0.1, 0.15) is 42.1 Å². The molecule has 1 unspecified atom stereocenters. The Labute approximate surface area is 147 Å². The SMILES string of the molecule is COc1ccc2c(c1)CCN(C(=O)C1CCCCn3nnnc31)CC2. The molecule has 0 spiro atoms. The molecular formula is C18H23N5O2. The number of aromatic nitrogens is 4. The second kappa shape index (κ2) is 6.82. The lowest BCUT2D eigenvalue weighted by atomic mass is 10.0. The lowest BCUT2D eigenvalue weighted by molar-refractivity contribution is -0.133. The fourth-order valence-electron chi connectivity index (χ4n) is 3.86. The Morgan fingerprint density at radius 1 is 1.16 bits per heavy atom. The summed E-state index contributed by atoms with van der Waals surface area (Å²) in [6.45, 7) is 2.28. The van der Waals surface area contributed by atoms with Crippen LogP contribution in [0.15, 0.2) is 18.2 Å². The van der Waals surface area contributed by atoms with E-state index in [0.717, 1.165) is 63.3 Å². The van der Waals surface area contributed by atoms with Crippen molar-refractivity contribution in [2.45, 2.75) is 44.6 Å². The Morgan fingerprint density at radius 3 is 2.84 bits per heavy atom. The molecule has 2 aliphatic heterocycles. The van der Waals surface area contributed by atoms with Crippen LogP contribution in [-0.2, 0) is 24.2 Å². The number of hydrogen-bond acceptors (Lipinski definition) is 5. The number of methoxy groups -OCH3 is 1. The quantitative estimate of drug-likeness (QED) is 0.829. The number of ether oxygens (including phenoxy) is 1. The van der Waals surface area contributed by atoms with Crippen molar-refractivity contribution in [1.29, 1.82) is 0 Å². The monoisotopic (exact) mass is 341 g/mol. The van der Waals surface area contributed by atoms with Crippen molar-refractivity contribution in [2.24, 2.45) is 0 Å². The zero-order valence-corrected chi connectivity index (χ0v) is 14.5. The number of aryl methyl sites for hydroxylation is 1. The van der Waals surface area contributed by atoms with E-state index >= 15 is 0 Å². The lowest BCUT2D eigenvalue weighted by Crippen LogP contribution is -2.37. The van der Waals surface area contributed by atoms with Crippen molar-refractivity contribution in [3.63, 3.8) is 0 Å². The molecule has 1 atom stereocenters. The number of nitrogens with zero attached hydrogens (tertiary/aromatic N) is 5. The maximum Gasteiger partial charge on any atom is 0.233 e. The third kappa shape index (κ3) is 3.10. The fraction of sp³-hybridized carbons (Fsp3) is 0.556. The number of hydrogen-bond donors (Lipinski definition) is 0. The number of benzene rings is 1. The van der Waals surface area contributed by atoms with Gasteiger partial charge in [0.2, 0.25) is 5.91 Å². The summed E-state index contributed by atoms with van der Waals surface area (Å²) in [5.41, 5.74) is 2.59.